The van der Waals surface area contributed by atoms with E-state index in [1.54, 1.807) is 18.2 Å². The van der Waals surface area contributed by atoms with E-state index in [0.717, 1.165) is 60.3 Å². The zero-order valence-corrected chi connectivity index (χ0v) is 42.5. The number of rotatable bonds is 17. The Hall–Kier alpha value is -1.95. The summed E-state index contributed by atoms with van der Waals surface area (Å²) < 4.78 is 58.6. The molecule has 0 spiro atoms. The van der Waals surface area contributed by atoms with Gasteiger partial charge in [-0.15, -0.1) is 0 Å². The number of carbonyl (C=O) groups is 2. The molecular formula is C48H76O10Si3. The first-order valence-corrected chi connectivity index (χ1v) is 31.6. The normalized spacial score (nSPS) is 36.8. The molecule has 0 amide bonds. The minimum absolute atomic E-state index is 0.163. The molecule has 6 aliphatic rings. The average Bonchev–Trinajstić information content (AvgIpc) is 4.02. The van der Waals surface area contributed by atoms with Crippen molar-refractivity contribution >= 4 is 37.6 Å². The van der Waals surface area contributed by atoms with Gasteiger partial charge in [0.05, 0.1) is 42.3 Å². The van der Waals surface area contributed by atoms with Crippen LogP contribution in [-0.4, -0.2) is 98.3 Å². The summed E-state index contributed by atoms with van der Waals surface area (Å²) in [6.45, 7) is 31.3. The first-order chi connectivity index (χ1) is 28.9. The van der Waals surface area contributed by atoms with Crippen molar-refractivity contribution in [3.05, 3.63) is 59.7 Å². The number of carbonyl (C=O) groups excluding carboxylic acids is 2. The van der Waals surface area contributed by atoms with Crippen molar-refractivity contribution in [1.82, 2.24) is 0 Å². The zero-order chi connectivity index (χ0) is 44.3. The second-order valence-electron chi connectivity index (χ2n) is 20.1. The fourth-order valence-electron chi connectivity index (χ4n) is 12.5. The van der Waals surface area contributed by atoms with E-state index in [1.807, 2.05) is 18.2 Å². The molecule has 7 rings (SSSR count). The Kier molecular flexibility index (Phi) is 13.5. The highest BCUT2D eigenvalue weighted by molar-refractivity contribution is 6.74. The van der Waals surface area contributed by atoms with Crippen molar-refractivity contribution in [1.29, 1.82) is 0 Å². The number of ether oxygens (including phenoxy) is 5. The van der Waals surface area contributed by atoms with Gasteiger partial charge < -0.3 is 37.0 Å². The lowest BCUT2D eigenvalue weighted by atomic mass is 9.44. The van der Waals surface area contributed by atoms with Crippen molar-refractivity contribution in [3.63, 3.8) is 0 Å². The second kappa shape index (κ2) is 17.5. The molecule has 1 aromatic rings. The van der Waals surface area contributed by atoms with Gasteiger partial charge in [-0.3, -0.25) is 4.79 Å². The van der Waals surface area contributed by atoms with E-state index in [-0.39, 0.29) is 24.6 Å². The molecule has 0 radical (unpaired) electrons. The van der Waals surface area contributed by atoms with Crippen LogP contribution < -0.4 is 0 Å². The summed E-state index contributed by atoms with van der Waals surface area (Å²) in [7, 11) is -6.56. The van der Waals surface area contributed by atoms with E-state index in [4.69, 9.17) is 37.0 Å². The van der Waals surface area contributed by atoms with Crippen molar-refractivity contribution in [2.75, 3.05) is 6.61 Å². The third-order valence-corrected chi connectivity index (χ3v) is 26.9. The van der Waals surface area contributed by atoms with Crippen LogP contribution in [0.2, 0.25) is 49.4 Å². The second-order valence-corrected chi connectivity index (χ2v) is 31.9. The predicted molar refractivity (Wildman–Crippen MR) is 245 cm³/mol. The summed E-state index contributed by atoms with van der Waals surface area (Å²) in [6, 6.07) is 15.0. The average molecular weight is 897 g/mol. The molecule has 0 N–H and O–H groups in total. The molecule has 5 fully saturated rings. The predicted octanol–water partition coefficient (Wildman–Crippen LogP) is 9.90. The molecule has 2 aliphatic heterocycles. The van der Waals surface area contributed by atoms with Gasteiger partial charge in [-0.1, -0.05) is 87.1 Å². The Morgan fingerprint density at radius 3 is 2.03 bits per heavy atom. The Labute approximate surface area is 370 Å². The van der Waals surface area contributed by atoms with Crippen molar-refractivity contribution in [2.45, 2.75) is 198 Å². The van der Waals surface area contributed by atoms with Gasteiger partial charge in [0.15, 0.2) is 37.6 Å². The van der Waals surface area contributed by atoms with Crippen LogP contribution in [0.3, 0.4) is 0 Å². The van der Waals surface area contributed by atoms with Crippen LogP contribution in [0.15, 0.2) is 54.1 Å². The van der Waals surface area contributed by atoms with E-state index in [9.17, 15) is 4.79 Å². The molecule has 1 aromatic carbocycles. The Bertz CT molecular complexity index is 1790. The molecule has 0 aromatic heterocycles. The summed E-state index contributed by atoms with van der Waals surface area (Å²) in [5.41, 5.74) is -1.43. The number of fused-ring (bicyclic) bond motifs is 8. The topological polar surface area (TPSA) is 108 Å². The van der Waals surface area contributed by atoms with Crippen LogP contribution in [0.25, 0.3) is 0 Å². The molecule has 3 saturated carbocycles. The highest BCUT2D eigenvalue weighted by Gasteiger charge is 2.80. The summed E-state index contributed by atoms with van der Waals surface area (Å²) in [6.07, 6.45) is 0.206. The maximum atomic E-state index is 15.1. The summed E-state index contributed by atoms with van der Waals surface area (Å²) in [5, 5.41) is 0. The van der Waals surface area contributed by atoms with Gasteiger partial charge in [0, 0.05) is 23.7 Å². The van der Waals surface area contributed by atoms with Crippen LogP contribution >= 0.6 is 0 Å². The highest BCUT2D eigenvalue weighted by atomic mass is 28.4. The minimum atomic E-state index is -2.33. The number of benzene rings is 1. The number of hydrogen-bond acceptors (Lipinski definition) is 10. The molecule has 61 heavy (non-hydrogen) atoms. The summed E-state index contributed by atoms with van der Waals surface area (Å²) >= 11 is 0. The highest BCUT2D eigenvalue weighted by Crippen LogP contribution is 2.68. The number of esters is 2. The summed E-state index contributed by atoms with van der Waals surface area (Å²) in [5.74, 6) is -1.52. The van der Waals surface area contributed by atoms with Gasteiger partial charge in [-0.05, 0) is 98.5 Å². The Balaban J connectivity index is 1.59. The molecule has 340 valence electrons. The Morgan fingerprint density at radius 2 is 1.51 bits per heavy atom. The quantitative estimate of drug-likeness (QED) is 0.0852. The third-order valence-electron chi connectivity index (χ3n) is 16.7. The Morgan fingerprint density at radius 1 is 0.902 bits per heavy atom. The number of hydrogen-bond donors (Lipinski definition) is 0. The molecular weight excluding hydrogens is 821 g/mol. The SMILES string of the molecule is C=CC1OC2C3=C(C)C(O[Si](CC)(CC)CC)CC(O[SiH](C)C)(C(OC(=O)c4ccccc4)C4C5(OC(=O)C6CC6)COC5CC(O[Si](CC)(CC)CC)[C@@]4(C)C2O1)C3(C)C. The summed E-state index contributed by atoms with van der Waals surface area (Å²) in [4.78, 5) is 29.4. The van der Waals surface area contributed by atoms with Crippen LogP contribution in [0.4, 0.5) is 0 Å². The molecule has 2 bridgehead atoms. The first-order valence-electron chi connectivity index (χ1n) is 23.7. The first kappa shape index (κ1) is 47.0. The molecule has 10 nitrogen and oxygen atoms in total. The molecule has 13 heteroatoms. The van der Waals surface area contributed by atoms with Gasteiger partial charge in [-0.25, -0.2) is 4.79 Å². The minimum Gasteiger partial charge on any atom is -0.455 e. The molecule has 10 unspecified atom stereocenters. The zero-order valence-electron chi connectivity index (χ0n) is 39.3. The van der Waals surface area contributed by atoms with Crippen LogP contribution in [0, 0.1) is 22.7 Å². The van der Waals surface area contributed by atoms with E-state index in [0.29, 0.717) is 18.4 Å². The lowest BCUT2D eigenvalue weighted by Crippen LogP contribution is -2.83. The van der Waals surface area contributed by atoms with Gasteiger partial charge >= 0.3 is 11.9 Å². The van der Waals surface area contributed by atoms with E-state index >= 15 is 4.79 Å². The monoisotopic (exact) mass is 896 g/mol. The van der Waals surface area contributed by atoms with Crippen molar-refractivity contribution in [2.24, 2.45) is 22.7 Å². The maximum Gasteiger partial charge on any atom is 0.338 e. The standard InChI is InChI=1S/C48H76O10Si3/c1-14-37-52-39-38-31(8)34(56-60(15-2,16-3)17-4)29-48(45(38,9)10,58-59(12)13)42(54-43(49)32-24-22-21-23-25-32)40-46(11,41(39)53-37)35(57-61(18-5,19-6)20-7)28-36-47(40,30-51-36)55-44(50)33-26-27-33/h14,21-25,33-37,39-42,59H,1,15-20,26-30H2,2-13H3/t34?,35?,36?,37?,39?,40?,41?,42?,46-,47?,48?/m1/s1. The smallest absolute Gasteiger partial charge is 0.338 e. The van der Waals surface area contributed by atoms with Gasteiger partial charge in [0.2, 0.25) is 0 Å². The fraction of sp³-hybridized carbons (Fsp3) is 0.750. The fourth-order valence-corrected chi connectivity index (χ4v) is 19.7. The lowest BCUT2D eigenvalue weighted by Gasteiger charge is -2.71. The molecule has 2 saturated heterocycles. The van der Waals surface area contributed by atoms with Gasteiger partial charge in [0.25, 0.3) is 0 Å². The molecule has 4 aliphatic carbocycles. The molecule has 11 atom stereocenters. The van der Waals surface area contributed by atoms with E-state index in [2.05, 4.69) is 88.9 Å². The third kappa shape index (κ3) is 7.59. The van der Waals surface area contributed by atoms with Crippen LogP contribution in [0.1, 0.15) is 105 Å². The van der Waals surface area contributed by atoms with Crippen molar-refractivity contribution < 1.29 is 46.6 Å². The van der Waals surface area contributed by atoms with E-state index in [1.165, 1.54) is 0 Å². The van der Waals surface area contributed by atoms with Gasteiger partial charge in [-0.2, -0.15) is 0 Å². The molecule has 2 heterocycles. The van der Waals surface area contributed by atoms with Crippen LogP contribution in [0.5, 0.6) is 0 Å². The maximum absolute atomic E-state index is 15.1. The van der Waals surface area contributed by atoms with Crippen LogP contribution in [-0.2, 0) is 41.8 Å². The van der Waals surface area contributed by atoms with E-state index < -0.39 is 96.4 Å². The van der Waals surface area contributed by atoms with Crippen molar-refractivity contribution in [3.8, 4) is 0 Å². The lowest BCUT2D eigenvalue weighted by molar-refractivity contribution is -0.359. The van der Waals surface area contributed by atoms with Gasteiger partial charge in [0.1, 0.15) is 23.9 Å². The largest absolute Gasteiger partial charge is 0.455 e.